The number of piperidine rings is 1. The predicted molar refractivity (Wildman–Crippen MR) is 79.4 cm³/mol. The maximum absolute atomic E-state index is 10.6. The molecule has 4 heteroatoms. The van der Waals surface area contributed by atoms with E-state index < -0.39 is 5.97 Å². The molecule has 1 aromatic carbocycles. The standard InChI is InChI=1S/C16H24N2O2/c17-15(7-8-16(19)20)14-6-4-5-13(11-14)12-18-9-2-1-3-10-18/h4-6,11,15H,1-3,7-10,12,17H2,(H,19,20). The van der Waals surface area contributed by atoms with Gasteiger partial charge < -0.3 is 10.8 Å². The summed E-state index contributed by atoms with van der Waals surface area (Å²) < 4.78 is 0. The van der Waals surface area contributed by atoms with Gasteiger partial charge in [0.2, 0.25) is 0 Å². The Morgan fingerprint density at radius 1 is 1.30 bits per heavy atom. The van der Waals surface area contributed by atoms with Crippen LogP contribution in [0.5, 0.6) is 0 Å². The van der Waals surface area contributed by atoms with Gasteiger partial charge in [-0.1, -0.05) is 30.7 Å². The van der Waals surface area contributed by atoms with Crippen LogP contribution < -0.4 is 5.73 Å². The molecular weight excluding hydrogens is 252 g/mol. The minimum Gasteiger partial charge on any atom is -0.481 e. The van der Waals surface area contributed by atoms with E-state index in [9.17, 15) is 4.79 Å². The fraction of sp³-hybridized carbons (Fsp3) is 0.562. The van der Waals surface area contributed by atoms with Crippen LogP contribution in [0.3, 0.4) is 0 Å². The summed E-state index contributed by atoms with van der Waals surface area (Å²) in [5, 5.41) is 8.72. The molecule has 0 amide bonds. The summed E-state index contributed by atoms with van der Waals surface area (Å²) in [7, 11) is 0. The van der Waals surface area contributed by atoms with E-state index in [1.807, 2.05) is 12.1 Å². The van der Waals surface area contributed by atoms with Crippen LogP contribution in [-0.2, 0) is 11.3 Å². The molecule has 1 atom stereocenters. The van der Waals surface area contributed by atoms with Crippen LogP contribution in [0.1, 0.15) is 49.3 Å². The molecule has 1 aliphatic heterocycles. The average Bonchev–Trinajstić information content (AvgIpc) is 2.46. The molecule has 1 saturated heterocycles. The number of rotatable bonds is 6. The summed E-state index contributed by atoms with van der Waals surface area (Å²) in [4.78, 5) is 13.1. The Morgan fingerprint density at radius 2 is 2.05 bits per heavy atom. The third-order valence-corrected chi connectivity index (χ3v) is 3.90. The number of nitrogens with zero attached hydrogens (tertiary/aromatic N) is 1. The molecule has 0 aliphatic carbocycles. The molecule has 1 fully saturated rings. The monoisotopic (exact) mass is 276 g/mol. The van der Waals surface area contributed by atoms with Crippen LogP contribution in [0, 0.1) is 0 Å². The van der Waals surface area contributed by atoms with E-state index in [4.69, 9.17) is 10.8 Å². The van der Waals surface area contributed by atoms with Crippen molar-refractivity contribution in [3.63, 3.8) is 0 Å². The van der Waals surface area contributed by atoms with Crippen molar-refractivity contribution < 1.29 is 9.90 Å². The van der Waals surface area contributed by atoms with Crippen LogP contribution in [0.25, 0.3) is 0 Å². The number of carbonyl (C=O) groups is 1. The highest BCUT2D eigenvalue weighted by molar-refractivity contribution is 5.66. The first-order valence-electron chi connectivity index (χ1n) is 7.44. The highest BCUT2D eigenvalue weighted by Crippen LogP contribution is 2.19. The number of likely N-dealkylation sites (tertiary alicyclic amines) is 1. The van der Waals surface area contributed by atoms with Crippen molar-refractivity contribution in [2.45, 2.75) is 44.7 Å². The van der Waals surface area contributed by atoms with Gasteiger partial charge >= 0.3 is 5.97 Å². The largest absolute Gasteiger partial charge is 0.481 e. The molecule has 1 heterocycles. The zero-order valence-electron chi connectivity index (χ0n) is 11.9. The van der Waals surface area contributed by atoms with Crippen LogP contribution in [0.4, 0.5) is 0 Å². The van der Waals surface area contributed by atoms with Gasteiger partial charge in [-0.05, 0) is 43.5 Å². The van der Waals surface area contributed by atoms with E-state index in [-0.39, 0.29) is 12.5 Å². The number of aliphatic carboxylic acids is 1. The summed E-state index contributed by atoms with van der Waals surface area (Å²) in [6.07, 6.45) is 4.53. The molecule has 0 saturated carbocycles. The lowest BCUT2D eigenvalue weighted by molar-refractivity contribution is -0.137. The second kappa shape index (κ2) is 7.41. The maximum Gasteiger partial charge on any atom is 0.303 e. The predicted octanol–water partition coefficient (Wildman–Crippen LogP) is 2.54. The lowest BCUT2D eigenvalue weighted by Gasteiger charge is -2.26. The molecule has 4 nitrogen and oxygen atoms in total. The summed E-state index contributed by atoms with van der Waals surface area (Å²) in [5.74, 6) is -0.787. The van der Waals surface area contributed by atoms with Crippen molar-refractivity contribution >= 4 is 5.97 Å². The first kappa shape index (κ1) is 15.0. The van der Waals surface area contributed by atoms with Gasteiger partial charge in [0.25, 0.3) is 0 Å². The van der Waals surface area contributed by atoms with Crippen LogP contribution in [-0.4, -0.2) is 29.1 Å². The van der Waals surface area contributed by atoms with Crippen molar-refractivity contribution in [3.8, 4) is 0 Å². The Morgan fingerprint density at radius 3 is 2.75 bits per heavy atom. The molecule has 110 valence electrons. The Balaban J connectivity index is 1.94. The van der Waals surface area contributed by atoms with Crippen LogP contribution in [0.2, 0.25) is 0 Å². The van der Waals surface area contributed by atoms with E-state index in [1.54, 1.807) is 0 Å². The van der Waals surface area contributed by atoms with Crippen molar-refractivity contribution in [1.82, 2.24) is 4.90 Å². The number of carboxylic acid groups (broad SMARTS) is 1. The van der Waals surface area contributed by atoms with E-state index in [0.717, 1.165) is 12.1 Å². The molecule has 0 bridgehead atoms. The molecule has 0 aromatic heterocycles. The lowest BCUT2D eigenvalue weighted by Crippen LogP contribution is -2.29. The number of hydrogen-bond donors (Lipinski definition) is 2. The molecule has 1 unspecified atom stereocenters. The Labute approximate surface area is 120 Å². The molecule has 1 aromatic rings. The fourth-order valence-corrected chi connectivity index (χ4v) is 2.74. The van der Waals surface area contributed by atoms with Crippen molar-refractivity contribution in [2.24, 2.45) is 5.73 Å². The third kappa shape index (κ3) is 4.62. The van der Waals surface area contributed by atoms with Gasteiger partial charge in [-0.2, -0.15) is 0 Å². The van der Waals surface area contributed by atoms with Gasteiger partial charge in [-0.25, -0.2) is 0 Å². The lowest BCUT2D eigenvalue weighted by atomic mass is 10.00. The van der Waals surface area contributed by atoms with Gasteiger partial charge in [-0.3, -0.25) is 9.69 Å². The zero-order chi connectivity index (χ0) is 14.4. The Bertz CT molecular complexity index is 442. The zero-order valence-corrected chi connectivity index (χ0v) is 11.9. The van der Waals surface area contributed by atoms with Gasteiger partial charge in [0.15, 0.2) is 0 Å². The quantitative estimate of drug-likeness (QED) is 0.838. The second-order valence-electron chi connectivity index (χ2n) is 5.62. The van der Waals surface area contributed by atoms with Gasteiger partial charge in [0, 0.05) is 19.0 Å². The van der Waals surface area contributed by atoms with Gasteiger partial charge in [-0.15, -0.1) is 0 Å². The van der Waals surface area contributed by atoms with Crippen molar-refractivity contribution in [3.05, 3.63) is 35.4 Å². The maximum atomic E-state index is 10.6. The molecule has 0 radical (unpaired) electrons. The highest BCUT2D eigenvalue weighted by atomic mass is 16.4. The summed E-state index contributed by atoms with van der Waals surface area (Å²) in [6, 6.07) is 8.08. The smallest absolute Gasteiger partial charge is 0.303 e. The topological polar surface area (TPSA) is 66.6 Å². The average molecular weight is 276 g/mol. The fourth-order valence-electron chi connectivity index (χ4n) is 2.74. The first-order chi connectivity index (χ1) is 9.65. The molecular formula is C16H24N2O2. The second-order valence-corrected chi connectivity index (χ2v) is 5.62. The summed E-state index contributed by atoms with van der Waals surface area (Å²) >= 11 is 0. The van der Waals surface area contributed by atoms with E-state index in [2.05, 4.69) is 17.0 Å². The van der Waals surface area contributed by atoms with Gasteiger partial charge in [0.1, 0.15) is 0 Å². The first-order valence-corrected chi connectivity index (χ1v) is 7.44. The normalized spacial score (nSPS) is 17.9. The molecule has 20 heavy (non-hydrogen) atoms. The number of hydrogen-bond acceptors (Lipinski definition) is 3. The van der Waals surface area contributed by atoms with Crippen LogP contribution >= 0.6 is 0 Å². The van der Waals surface area contributed by atoms with Gasteiger partial charge in [0.05, 0.1) is 0 Å². The molecule has 3 N–H and O–H groups in total. The van der Waals surface area contributed by atoms with Crippen molar-refractivity contribution in [1.29, 1.82) is 0 Å². The minimum atomic E-state index is -0.787. The molecule has 0 spiro atoms. The number of nitrogens with two attached hydrogens (primary N) is 1. The summed E-state index contributed by atoms with van der Waals surface area (Å²) in [6.45, 7) is 3.32. The minimum absolute atomic E-state index is 0.123. The van der Waals surface area contributed by atoms with E-state index in [1.165, 1.54) is 37.9 Å². The molecule has 2 rings (SSSR count). The van der Waals surface area contributed by atoms with Crippen molar-refractivity contribution in [2.75, 3.05) is 13.1 Å². The summed E-state index contributed by atoms with van der Waals surface area (Å²) in [5.41, 5.74) is 8.38. The van der Waals surface area contributed by atoms with Crippen LogP contribution in [0.15, 0.2) is 24.3 Å². The molecule has 1 aliphatic rings. The highest BCUT2D eigenvalue weighted by Gasteiger charge is 2.12. The number of carboxylic acids is 1. The van der Waals surface area contributed by atoms with E-state index in [0.29, 0.717) is 6.42 Å². The Hall–Kier alpha value is -1.39. The third-order valence-electron chi connectivity index (χ3n) is 3.90. The van der Waals surface area contributed by atoms with E-state index >= 15 is 0 Å². The SMILES string of the molecule is NC(CCC(=O)O)c1cccc(CN2CCCCC2)c1. The number of benzene rings is 1. The Kier molecular flexibility index (Phi) is 5.56.